The average molecular weight is 327 g/mol. The van der Waals surface area contributed by atoms with E-state index in [0.29, 0.717) is 25.1 Å². The average Bonchev–Trinajstić information content (AvgIpc) is 2.63. The lowest BCUT2D eigenvalue weighted by Gasteiger charge is -2.38. The number of nitrogens with one attached hydrogen (secondary N) is 1. The lowest BCUT2D eigenvalue weighted by atomic mass is 9.97. The fraction of sp³-hybridized carbons (Fsp3) is 0.368. The van der Waals surface area contributed by atoms with Crippen molar-refractivity contribution < 1.29 is 9.18 Å². The SMILES string of the molecule is CC(Cc1ccccc1F)C(=O)N1CCNCC1c1cccnc1. The third kappa shape index (κ3) is 3.62. The summed E-state index contributed by atoms with van der Waals surface area (Å²) in [6.45, 7) is 4.01. The van der Waals surface area contributed by atoms with Crippen LogP contribution in [0.2, 0.25) is 0 Å². The summed E-state index contributed by atoms with van der Waals surface area (Å²) in [6.07, 6.45) is 3.95. The van der Waals surface area contributed by atoms with Crippen molar-refractivity contribution in [3.63, 3.8) is 0 Å². The van der Waals surface area contributed by atoms with Crippen LogP contribution in [0, 0.1) is 11.7 Å². The topological polar surface area (TPSA) is 45.2 Å². The van der Waals surface area contributed by atoms with Gasteiger partial charge in [0.05, 0.1) is 6.04 Å². The van der Waals surface area contributed by atoms with E-state index in [1.807, 2.05) is 24.0 Å². The Morgan fingerprint density at radius 1 is 1.38 bits per heavy atom. The Labute approximate surface area is 141 Å². The lowest BCUT2D eigenvalue weighted by Crippen LogP contribution is -2.50. The monoisotopic (exact) mass is 327 g/mol. The Morgan fingerprint density at radius 2 is 2.21 bits per heavy atom. The highest BCUT2D eigenvalue weighted by atomic mass is 19.1. The summed E-state index contributed by atoms with van der Waals surface area (Å²) in [5.41, 5.74) is 1.61. The molecule has 5 heteroatoms. The molecule has 1 N–H and O–H groups in total. The molecule has 1 fully saturated rings. The van der Waals surface area contributed by atoms with E-state index in [9.17, 15) is 9.18 Å². The van der Waals surface area contributed by atoms with E-state index in [0.717, 1.165) is 12.1 Å². The molecule has 1 amide bonds. The molecule has 2 aromatic rings. The molecule has 1 aliphatic heterocycles. The van der Waals surface area contributed by atoms with Gasteiger partial charge in [-0.1, -0.05) is 31.2 Å². The fourth-order valence-electron chi connectivity index (χ4n) is 3.20. The molecular formula is C19H22FN3O. The van der Waals surface area contributed by atoms with Crippen molar-refractivity contribution in [3.05, 3.63) is 65.7 Å². The van der Waals surface area contributed by atoms with Crippen molar-refractivity contribution in [3.8, 4) is 0 Å². The maximum Gasteiger partial charge on any atom is 0.226 e. The standard InChI is InChI=1S/C19H22FN3O/c1-14(11-15-5-2-3-7-17(15)20)19(24)23-10-9-22-13-18(23)16-6-4-8-21-12-16/h2-8,12,14,18,22H,9-11,13H2,1H3. The van der Waals surface area contributed by atoms with Crippen LogP contribution in [-0.2, 0) is 11.2 Å². The van der Waals surface area contributed by atoms with Crippen LogP contribution < -0.4 is 5.32 Å². The number of carbonyl (C=O) groups excluding carboxylic acids is 1. The summed E-state index contributed by atoms with van der Waals surface area (Å²) in [7, 11) is 0. The van der Waals surface area contributed by atoms with Gasteiger partial charge in [0.15, 0.2) is 0 Å². The number of hydrogen-bond donors (Lipinski definition) is 1. The Kier molecular flexibility index (Phi) is 5.20. The summed E-state index contributed by atoms with van der Waals surface area (Å²) in [5, 5.41) is 3.33. The molecule has 0 aliphatic carbocycles. The number of hydrogen-bond acceptors (Lipinski definition) is 3. The van der Waals surface area contributed by atoms with Crippen molar-refractivity contribution in [1.82, 2.24) is 15.2 Å². The van der Waals surface area contributed by atoms with E-state index in [2.05, 4.69) is 10.3 Å². The quantitative estimate of drug-likeness (QED) is 0.939. The molecule has 1 aromatic heterocycles. The highest BCUT2D eigenvalue weighted by Gasteiger charge is 2.30. The van der Waals surface area contributed by atoms with Crippen molar-refractivity contribution in [2.24, 2.45) is 5.92 Å². The zero-order valence-corrected chi connectivity index (χ0v) is 13.8. The molecular weight excluding hydrogens is 305 g/mol. The summed E-state index contributed by atoms with van der Waals surface area (Å²) in [6, 6.07) is 10.5. The Balaban J connectivity index is 1.75. The molecule has 126 valence electrons. The predicted molar refractivity (Wildman–Crippen MR) is 90.8 cm³/mol. The van der Waals surface area contributed by atoms with Gasteiger partial charge in [0.2, 0.25) is 5.91 Å². The Hall–Kier alpha value is -2.27. The van der Waals surface area contributed by atoms with Gasteiger partial charge in [-0.05, 0) is 29.7 Å². The van der Waals surface area contributed by atoms with Crippen LogP contribution in [0.3, 0.4) is 0 Å². The maximum absolute atomic E-state index is 13.9. The van der Waals surface area contributed by atoms with Crippen LogP contribution in [0.25, 0.3) is 0 Å². The van der Waals surface area contributed by atoms with Crippen LogP contribution >= 0.6 is 0 Å². The minimum atomic E-state index is -0.265. The van der Waals surface area contributed by atoms with E-state index in [1.54, 1.807) is 30.6 Å². The fourth-order valence-corrected chi connectivity index (χ4v) is 3.20. The van der Waals surface area contributed by atoms with E-state index in [4.69, 9.17) is 0 Å². The summed E-state index contributed by atoms with van der Waals surface area (Å²) in [5.74, 6) is -0.450. The minimum Gasteiger partial charge on any atom is -0.333 e. The van der Waals surface area contributed by atoms with Gasteiger partial charge < -0.3 is 10.2 Å². The molecule has 24 heavy (non-hydrogen) atoms. The zero-order chi connectivity index (χ0) is 16.9. The number of pyridine rings is 1. The summed E-state index contributed by atoms with van der Waals surface area (Å²) in [4.78, 5) is 19.0. The summed E-state index contributed by atoms with van der Waals surface area (Å²) >= 11 is 0. The van der Waals surface area contributed by atoms with Crippen LogP contribution in [0.5, 0.6) is 0 Å². The van der Waals surface area contributed by atoms with Gasteiger partial charge in [-0.2, -0.15) is 0 Å². The first-order valence-corrected chi connectivity index (χ1v) is 8.31. The molecule has 2 atom stereocenters. The van der Waals surface area contributed by atoms with E-state index in [-0.39, 0.29) is 23.7 Å². The third-order valence-electron chi connectivity index (χ3n) is 4.50. The number of benzene rings is 1. The Bertz CT molecular complexity index is 692. The number of carbonyl (C=O) groups is 1. The molecule has 3 rings (SSSR count). The lowest BCUT2D eigenvalue weighted by molar-refractivity contribution is -0.138. The van der Waals surface area contributed by atoms with Crippen LogP contribution in [0.15, 0.2) is 48.8 Å². The number of rotatable bonds is 4. The van der Waals surface area contributed by atoms with Gasteiger partial charge in [-0.15, -0.1) is 0 Å². The smallest absolute Gasteiger partial charge is 0.226 e. The maximum atomic E-state index is 13.9. The first kappa shape index (κ1) is 16.6. The molecule has 2 heterocycles. The second kappa shape index (κ2) is 7.53. The van der Waals surface area contributed by atoms with Crippen molar-refractivity contribution in [2.45, 2.75) is 19.4 Å². The molecule has 1 aromatic carbocycles. The molecule has 0 bridgehead atoms. The van der Waals surface area contributed by atoms with Gasteiger partial charge in [0.1, 0.15) is 5.82 Å². The van der Waals surface area contributed by atoms with Crippen LogP contribution in [0.1, 0.15) is 24.1 Å². The van der Waals surface area contributed by atoms with E-state index < -0.39 is 0 Å². The van der Waals surface area contributed by atoms with Gasteiger partial charge in [0.25, 0.3) is 0 Å². The van der Waals surface area contributed by atoms with Crippen LogP contribution in [0.4, 0.5) is 4.39 Å². The molecule has 2 unspecified atom stereocenters. The normalized spacial score (nSPS) is 19.1. The second-order valence-corrected chi connectivity index (χ2v) is 6.23. The second-order valence-electron chi connectivity index (χ2n) is 6.23. The van der Waals surface area contributed by atoms with E-state index >= 15 is 0 Å². The predicted octanol–water partition coefficient (Wildman–Crippen LogP) is 2.57. The number of piperazine rings is 1. The Morgan fingerprint density at radius 3 is 2.96 bits per heavy atom. The third-order valence-corrected chi connectivity index (χ3v) is 4.50. The summed E-state index contributed by atoms with van der Waals surface area (Å²) < 4.78 is 13.9. The molecule has 0 radical (unpaired) electrons. The minimum absolute atomic E-state index is 0.0250. The van der Waals surface area contributed by atoms with E-state index in [1.165, 1.54) is 6.07 Å². The number of aromatic nitrogens is 1. The molecule has 4 nitrogen and oxygen atoms in total. The van der Waals surface area contributed by atoms with Crippen LogP contribution in [-0.4, -0.2) is 35.4 Å². The van der Waals surface area contributed by atoms with Gasteiger partial charge in [-0.25, -0.2) is 4.39 Å². The van der Waals surface area contributed by atoms with Gasteiger partial charge >= 0.3 is 0 Å². The van der Waals surface area contributed by atoms with Crippen molar-refractivity contribution >= 4 is 5.91 Å². The van der Waals surface area contributed by atoms with Gasteiger partial charge in [0, 0.05) is 37.9 Å². The van der Waals surface area contributed by atoms with Gasteiger partial charge in [-0.3, -0.25) is 9.78 Å². The highest BCUT2D eigenvalue weighted by molar-refractivity contribution is 5.79. The number of nitrogens with zero attached hydrogens (tertiary/aromatic N) is 2. The first-order valence-electron chi connectivity index (χ1n) is 8.31. The first-order chi connectivity index (χ1) is 11.7. The highest BCUT2D eigenvalue weighted by Crippen LogP contribution is 2.24. The van der Waals surface area contributed by atoms with Crippen molar-refractivity contribution in [2.75, 3.05) is 19.6 Å². The number of amides is 1. The largest absolute Gasteiger partial charge is 0.333 e. The van der Waals surface area contributed by atoms with Crippen molar-refractivity contribution in [1.29, 1.82) is 0 Å². The zero-order valence-electron chi connectivity index (χ0n) is 13.8. The molecule has 1 aliphatic rings. The molecule has 0 spiro atoms. The molecule has 1 saturated heterocycles. The molecule has 0 saturated carbocycles. The number of halogens is 1.